The third-order valence-corrected chi connectivity index (χ3v) is 4.15. The summed E-state index contributed by atoms with van der Waals surface area (Å²) in [6, 6.07) is 16.1. The van der Waals surface area contributed by atoms with Crippen molar-refractivity contribution < 1.29 is 0 Å². The number of guanidine groups is 1. The van der Waals surface area contributed by atoms with Gasteiger partial charge in [0.1, 0.15) is 0 Å². The molecule has 2 aromatic carbocycles. The smallest absolute Gasteiger partial charge is 0.206 e. The van der Waals surface area contributed by atoms with Crippen LogP contribution >= 0.6 is 23.5 Å². The molecule has 0 saturated carbocycles. The second kappa shape index (κ2) is 5.77. The van der Waals surface area contributed by atoms with Gasteiger partial charge >= 0.3 is 0 Å². The van der Waals surface area contributed by atoms with E-state index in [2.05, 4.69) is 34.1 Å². The fourth-order valence-electron chi connectivity index (χ4n) is 2.00. The van der Waals surface area contributed by atoms with Crippen LogP contribution in [0.1, 0.15) is 18.5 Å². The lowest BCUT2D eigenvalue weighted by molar-refractivity contribution is 0.815. The number of aliphatic imine (C=N–C) groups is 1. The van der Waals surface area contributed by atoms with Gasteiger partial charge in [-0.1, -0.05) is 41.9 Å². The summed E-state index contributed by atoms with van der Waals surface area (Å²) in [5, 5.41) is 4.02. The summed E-state index contributed by atoms with van der Waals surface area (Å²) in [4.78, 5) is 5.74. The number of benzene rings is 2. The molecular weight excluding hydrogens is 290 g/mol. The van der Waals surface area contributed by atoms with E-state index in [1.165, 1.54) is 17.5 Å². The second-order valence-electron chi connectivity index (χ2n) is 4.53. The van der Waals surface area contributed by atoms with Crippen molar-refractivity contribution in [1.82, 2.24) is 4.72 Å². The quantitative estimate of drug-likeness (QED) is 0.803. The van der Waals surface area contributed by atoms with Crippen molar-refractivity contribution in [2.45, 2.75) is 17.9 Å². The highest BCUT2D eigenvalue weighted by Crippen LogP contribution is 2.31. The van der Waals surface area contributed by atoms with Crippen LogP contribution in [0.5, 0.6) is 0 Å². The van der Waals surface area contributed by atoms with Gasteiger partial charge in [-0.15, -0.1) is 0 Å². The fraction of sp³-hybridized carbons (Fsp3) is 0.133. The molecule has 0 bridgehead atoms. The largest absolute Gasteiger partial charge is 0.325 e. The summed E-state index contributed by atoms with van der Waals surface area (Å²) in [6.07, 6.45) is 0. The lowest BCUT2D eigenvalue weighted by atomic mass is 10.1. The number of hydrogen-bond donors (Lipinski definition) is 2. The highest BCUT2D eigenvalue weighted by atomic mass is 35.5. The first kappa shape index (κ1) is 13.3. The molecule has 3 rings (SSSR count). The van der Waals surface area contributed by atoms with Gasteiger partial charge in [-0.3, -0.25) is 4.72 Å². The predicted molar refractivity (Wildman–Crippen MR) is 86.4 cm³/mol. The number of fused-ring (bicyclic) bond motifs is 1. The Balaban J connectivity index is 1.80. The molecule has 0 aliphatic carbocycles. The molecule has 1 heterocycles. The van der Waals surface area contributed by atoms with Gasteiger partial charge < -0.3 is 5.32 Å². The maximum absolute atomic E-state index is 5.98. The zero-order valence-corrected chi connectivity index (χ0v) is 12.5. The van der Waals surface area contributed by atoms with Crippen LogP contribution in [0.3, 0.4) is 0 Å². The van der Waals surface area contributed by atoms with Gasteiger partial charge in [0.25, 0.3) is 0 Å². The molecule has 3 nitrogen and oxygen atoms in total. The number of anilines is 1. The van der Waals surface area contributed by atoms with Gasteiger partial charge in [0.2, 0.25) is 5.96 Å². The van der Waals surface area contributed by atoms with E-state index in [0.717, 1.165) is 21.6 Å². The second-order valence-corrected chi connectivity index (χ2v) is 5.82. The highest BCUT2D eigenvalue weighted by molar-refractivity contribution is 7.98. The molecule has 5 heteroatoms. The van der Waals surface area contributed by atoms with Crippen molar-refractivity contribution >= 4 is 35.2 Å². The van der Waals surface area contributed by atoms with Crippen molar-refractivity contribution in [1.29, 1.82) is 0 Å². The molecule has 0 saturated heterocycles. The Hall–Kier alpha value is -1.65. The fourth-order valence-corrected chi connectivity index (χ4v) is 2.96. The summed E-state index contributed by atoms with van der Waals surface area (Å²) in [6.45, 7) is 2.08. The van der Waals surface area contributed by atoms with Crippen molar-refractivity contribution in [2.75, 3.05) is 5.32 Å². The SMILES string of the molecule is C[C@H](N=C1NSc2cc(Cl)ccc2N1)c1ccccc1. The maximum Gasteiger partial charge on any atom is 0.206 e. The lowest BCUT2D eigenvalue weighted by Gasteiger charge is -2.21. The lowest BCUT2D eigenvalue weighted by Crippen LogP contribution is -2.29. The van der Waals surface area contributed by atoms with Crippen molar-refractivity contribution in [2.24, 2.45) is 4.99 Å². The monoisotopic (exact) mass is 303 g/mol. The first-order chi connectivity index (χ1) is 9.72. The number of rotatable bonds is 2. The molecule has 2 aromatic rings. The molecule has 1 aliphatic rings. The van der Waals surface area contributed by atoms with Crippen LogP contribution in [-0.2, 0) is 0 Å². The molecule has 0 amide bonds. The van der Waals surface area contributed by atoms with Gasteiger partial charge in [0.05, 0.1) is 16.6 Å². The van der Waals surface area contributed by atoms with Gasteiger partial charge in [-0.05, 0) is 42.6 Å². The third-order valence-electron chi connectivity index (χ3n) is 3.06. The van der Waals surface area contributed by atoms with E-state index in [4.69, 9.17) is 11.6 Å². The van der Waals surface area contributed by atoms with E-state index in [1.54, 1.807) is 0 Å². The summed E-state index contributed by atoms with van der Waals surface area (Å²) in [5.41, 5.74) is 2.22. The normalized spacial score (nSPS) is 17.0. The molecule has 2 N–H and O–H groups in total. The third kappa shape index (κ3) is 2.92. The molecule has 0 spiro atoms. The molecule has 0 aromatic heterocycles. The minimum absolute atomic E-state index is 0.0978. The average molecular weight is 304 g/mol. The van der Waals surface area contributed by atoms with Gasteiger partial charge in [0, 0.05) is 5.02 Å². The number of nitrogens with one attached hydrogen (secondary N) is 2. The first-order valence-electron chi connectivity index (χ1n) is 6.34. The summed E-state index contributed by atoms with van der Waals surface area (Å²) in [5.74, 6) is 0.765. The van der Waals surface area contributed by atoms with E-state index >= 15 is 0 Å². The summed E-state index contributed by atoms with van der Waals surface area (Å²) < 4.78 is 3.20. The Bertz CT molecular complexity index is 643. The molecule has 0 unspecified atom stereocenters. The molecular formula is C15H14ClN3S. The number of nitrogens with zero attached hydrogens (tertiary/aromatic N) is 1. The van der Waals surface area contributed by atoms with Crippen LogP contribution in [0.15, 0.2) is 58.4 Å². The Morgan fingerprint density at radius 3 is 2.75 bits per heavy atom. The maximum atomic E-state index is 5.98. The molecule has 20 heavy (non-hydrogen) atoms. The summed E-state index contributed by atoms with van der Waals surface area (Å²) >= 11 is 7.50. The summed E-state index contributed by atoms with van der Waals surface area (Å²) in [7, 11) is 0. The number of halogens is 1. The van der Waals surface area contributed by atoms with E-state index in [9.17, 15) is 0 Å². The minimum atomic E-state index is 0.0978. The standard InChI is InChI=1S/C15H14ClN3S/c1-10(11-5-3-2-4-6-11)17-15-18-13-8-7-12(16)9-14(13)20-19-15/h2-10H,1H3,(H2,17,18,19)/t10-/m0/s1. The van der Waals surface area contributed by atoms with Crippen LogP contribution < -0.4 is 10.0 Å². The molecule has 102 valence electrons. The Kier molecular flexibility index (Phi) is 3.85. The molecule has 0 fully saturated rings. The Morgan fingerprint density at radius 2 is 1.95 bits per heavy atom. The zero-order chi connectivity index (χ0) is 13.9. The predicted octanol–water partition coefficient (Wildman–Crippen LogP) is 4.48. The Morgan fingerprint density at radius 1 is 1.15 bits per heavy atom. The van der Waals surface area contributed by atoms with Crippen LogP contribution in [0.25, 0.3) is 0 Å². The van der Waals surface area contributed by atoms with E-state index in [0.29, 0.717) is 0 Å². The van der Waals surface area contributed by atoms with Crippen LogP contribution in [0.2, 0.25) is 5.02 Å². The Labute approximate surface area is 127 Å². The number of hydrogen-bond acceptors (Lipinski definition) is 2. The minimum Gasteiger partial charge on any atom is -0.325 e. The topological polar surface area (TPSA) is 36.4 Å². The van der Waals surface area contributed by atoms with Crippen LogP contribution in [0, 0.1) is 0 Å². The molecule has 0 radical (unpaired) electrons. The van der Waals surface area contributed by atoms with E-state index < -0.39 is 0 Å². The van der Waals surface area contributed by atoms with Crippen molar-refractivity contribution in [3.8, 4) is 0 Å². The van der Waals surface area contributed by atoms with Gasteiger partial charge in [-0.2, -0.15) is 0 Å². The zero-order valence-electron chi connectivity index (χ0n) is 10.9. The highest BCUT2D eigenvalue weighted by Gasteiger charge is 2.15. The van der Waals surface area contributed by atoms with E-state index in [-0.39, 0.29) is 6.04 Å². The van der Waals surface area contributed by atoms with Gasteiger partial charge in [0.15, 0.2) is 0 Å². The first-order valence-corrected chi connectivity index (χ1v) is 7.54. The molecule has 1 atom stereocenters. The van der Waals surface area contributed by atoms with Crippen LogP contribution in [0.4, 0.5) is 5.69 Å². The molecule has 1 aliphatic heterocycles. The average Bonchev–Trinajstić information content (AvgIpc) is 2.48. The van der Waals surface area contributed by atoms with E-state index in [1.807, 2.05) is 36.4 Å². The van der Waals surface area contributed by atoms with Crippen molar-refractivity contribution in [3.05, 3.63) is 59.1 Å². The van der Waals surface area contributed by atoms with Crippen molar-refractivity contribution in [3.63, 3.8) is 0 Å². The van der Waals surface area contributed by atoms with Crippen LogP contribution in [-0.4, -0.2) is 5.96 Å². The van der Waals surface area contributed by atoms with Gasteiger partial charge in [-0.25, -0.2) is 4.99 Å².